The number of hydrogen-bond donors (Lipinski definition) is 0. The molecule has 1 aromatic carbocycles. The Morgan fingerprint density at radius 3 is 2.62 bits per heavy atom. The van der Waals surface area contributed by atoms with Gasteiger partial charge in [-0.05, 0) is 36.4 Å². The average Bonchev–Trinajstić information content (AvgIpc) is 2.33. The Morgan fingerprint density at radius 2 is 1.94 bits per heavy atom. The van der Waals surface area contributed by atoms with E-state index >= 15 is 0 Å². The fourth-order valence-corrected chi connectivity index (χ4v) is 1.35. The molecule has 0 unspecified atom stereocenters. The van der Waals surface area contributed by atoms with Crippen LogP contribution < -0.4 is 4.84 Å². The van der Waals surface area contributed by atoms with Gasteiger partial charge in [-0.3, -0.25) is 4.98 Å². The van der Waals surface area contributed by atoms with Crippen molar-refractivity contribution >= 4 is 22.1 Å². The van der Waals surface area contributed by atoms with E-state index in [-0.39, 0.29) is 0 Å². The van der Waals surface area contributed by atoms with Crippen molar-refractivity contribution in [1.29, 1.82) is 0 Å². The highest BCUT2D eigenvalue weighted by molar-refractivity contribution is 9.10. The summed E-state index contributed by atoms with van der Waals surface area (Å²) in [6, 6.07) is 13.1. The Kier molecular flexibility index (Phi) is 3.66. The van der Waals surface area contributed by atoms with Gasteiger partial charge in [0.25, 0.3) is 0 Å². The normalized spacial score (nSPS) is 10.6. The minimum Gasteiger partial charge on any atom is -0.357 e. The molecule has 0 aliphatic carbocycles. The van der Waals surface area contributed by atoms with E-state index in [2.05, 4.69) is 26.1 Å². The van der Waals surface area contributed by atoms with E-state index < -0.39 is 0 Å². The summed E-state index contributed by atoms with van der Waals surface area (Å²) in [6.07, 6.45) is 3.28. The number of pyridine rings is 1. The summed E-state index contributed by atoms with van der Waals surface area (Å²) >= 11 is 3.35. The van der Waals surface area contributed by atoms with Crippen LogP contribution in [0.1, 0.15) is 5.69 Å². The lowest BCUT2D eigenvalue weighted by atomic mass is 10.3. The fraction of sp³-hybridized carbons (Fsp3) is 0. The minimum atomic E-state index is 0.690. The number of halogens is 1. The third-order valence-electron chi connectivity index (χ3n) is 1.84. The van der Waals surface area contributed by atoms with Crippen molar-refractivity contribution in [3.8, 4) is 5.75 Å². The molecule has 1 heterocycles. The fourth-order valence-electron chi connectivity index (χ4n) is 1.09. The van der Waals surface area contributed by atoms with Gasteiger partial charge in [0, 0.05) is 10.7 Å². The van der Waals surface area contributed by atoms with E-state index in [0.717, 1.165) is 10.2 Å². The topological polar surface area (TPSA) is 34.5 Å². The molecule has 0 bridgehead atoms. The minimum absolute atomic E-state index is 0.690. The van der Waals surface area contributed by atoms with E-state index in [0.29, 0.717) is 5.75 Å². The van der Waals surface area contributed by atoms with Crippen molar-refractivity contribution in [1.82, 2.24) is 4.98 Å². The van der Waals surface area contributed by atoms with Crippen molar-refractivity contribution in [2.24, 2.45) is 5.16 Å². The molecule has 0 fully saturated rings. The first-order valence-corrected chi connectivity index (χ1v) is 5.51. The average molecular weight is 277 g/mol. The smallest absolute Gasteiger partial charge is 0.158 e. The maximum Gasteiger partial charge on any atom is 0.158 e. The van der Waals surface area contributed by atoms with Crippen LogP contribution in [0.5, 0.6) is 5.75 Å². The quantitative estimate of drug-likeness (QED) is 0.637. The Morgan fingerprint density at radius 1 is 1.12 bits per heavy atom. The number of aromatic nitrogens is 1. The van der Waals surface area contributed by atoms with Crippen molar-refractivity contribution in [2.75, 3.05) is 0 Å². The second-order valence-corrected chi connectivity index (χ2v) is 3.95. The van der Waals surface area contributed by atoms with E-state index in [4.69, 9.17) is 4.84 Å². The number of benzene rings is 1. The van der Waals surface area contributed by atoms with Crippen molar-refractivity contribution < 1.29 is 4.84 Å². The Hall–Kier alpha value is -1.68. The molecule has 16 heavy (non-hydrogen) atoms. The maximum absolute atomic E-state index is 5.17. The third kappa shape index (κ3) is 3.17. The van der Waals surface area contributed by atoms with Crippen molar-refractivity contribution in [3.05, 3.63) is 58.8 Å². The van der Waals surface area contributed by atoms with E-state index in [1.54, 1.807) is 12.4 Å². The van der Waals surface area contributed by atoms with Crippen molar-refractivity contribution in [2.45, 2.75) is 0 Å². The molecule has 0 saturated heterocycles. The molecule has 0 aliphatic heterocycles. The summed E-state index contributed by atoms with van der Waals surface area (Å²) in [5, 5.41) is 3.84. The molecule has 0 amide bonds. The first kappa shape index (κ1) is 10.8. The van der Waals surface area contributed by atoms with Gasteiger partial charge in [0.05, 0.1) is 11.9 Å². The predicted octanol–water partition coefficient (Wildman–Crippen LogP) is 3.26. The van der Waals surface area contributed by atoms with Gasteiger partial charge in [-0.15, -0.1) is 0 Å². The molecular formula is C12H9BrN2O. The Balaban J connectivity index is 1.97. The third-order valence-corrected chi connectivity index (χ3v) is 2.37. The molecule has 1 aromatic heterocycles. The molecule has 0 atom stereocenters. The molecule has 0 spiro atoms. The maximum atomic E-state index is 5.17. The van der Waals surface area contributed by atoms with Crippen LogP contribution in [0.3, 0.4) is 0 Å². The number of nitrogens with zero attached hydrogens (tertiary/aromatic N) is 2. The number of oxime groups is 1. The van der Waals surface area contributed by atoms with Crippen LogP contribution in [0, 0.1) is 0 Å². The Bertz CT molecular complexity index is 468. The molecule has 0 saturated carbocycles. The number of rotatable bonds is 3. The molecule has 0 aliphatic rings. The van der Waals surface area contributed by atoms with E-state index in [1.807, 2.05) is 42.5 Å². The molecule has 2 rings (SSSR count). The van der Waals surface area contributed by atoms with Crippen LogP contribution in [-0.4, -0.2) is 11.2 Å². The van der Waals surface area contributed by atoms with Gasteiger partial charge >= 0.3 is 0 Å². The van der Waals surface area contributed by atoms with E-state index in [1.165, 1.54) is 0 Å². The SMILES string of the molecule is Brc1ccc(O/N=C/c2ccccn2)cc1. The van der Waals surface area contributed by atoms with Gasteiger partial charge < -0.3 is 4.84 Å². The zero-order valence-corrected chi connectivity index (χ0v) is 9.96. The summed E-state index contributed by atoms with van der Waals surface area (Å²) < 4.78 is 1.01. The lowest BCUT2D eigenvalue weighted by Gasteiger charge is -1.97. The van der Waals surface area contributed by atoms with Crippen LogP contribution in [0.15, 0.2) is 58.3 Å². The second kappa shape index (κ2) is 5.42. The molecule has 2 aromatic rings. The van der Waals surface area contributed by atoms with Gasteiger partial charge in [-0.1, -0.05) is 27.2 Å². The van der Waals surface area contributed by atoms with Gasteiger partial charge in [0.15, 0.2) is 5.75 Å². The standard InChI is InChI=1S/C12H9BrN2O/c13-10-4-6-12(7-5-10)16-15-9-11-3-1-2-8-14-11/h1-9H/b15-9+. The van der Waals surface area contributed by atoms with Crippen LogP contribution in [0.4, 0.5) is 0 Å². The van der Waals surface area contributed by atoms with Gasteiger partial charge in [0.2, 0.25) is 0 Å². The van der Waals surface area contributed by atoms with Crippen LogP contribution in [0.2, 0.25) is 0 Å². The van der Waals surface area contributed by atoms with E-state index in [9.17, 15) is 0 Å². The molecule has 0 N–H and O–H groups in total. The molecule has 0 radical (unpaired) electrons. The highest BCUT2D eigenvalue weighted by Gasteiger charge is 1.91. The zero-order valence-electron chi connectivity index (χ0n) is 8.38. The van der Waals surface area contributed by atoms with Crippen LogP contribution >= 0.6 is 15.9 Å². The summed E-state index contributed by atoms with van der Waals surface area (Å²) in [7, 11) is 0. The molecule has 80 valence electrons. The summed E-state index contributed by atoms with van der Waals surface area (Å²) in [4.78, 5) is 9.26. The summed E-state index contributed by atoms with van der Waals surface area (Å²) in [5.74, 6) is 0.690. The van der Waals surface area contributed by atoms with Crippen LogP contribution in [-0.2, 0) is 0 Å². The summed E-state index contributed by atoms with van der Waals surface area (Å²) in [5.41, 5.74) is 0.764. The summed E-state index contributed by atoms with van der Waals surface area (Å²) in [6.45, 7) is 0. The number of hydrogen-bond acceptors (Lipinski definition) is 3. The predicted molar refractivity (Wildman–Crippen MR) is 66.6 cm³/mol. The molecule has 4 heteroatoms. The second-order valence-electron chi connectivity index (χ2n) is 3.03. The van der Waals surface area contributed by atoms with Crippen molar-refractivity contribution in [3.63, 3.8) is 0 Å². The first-order valence-electron chi connectivity index (χ1n) is 4.71. The lowest BCUT2D eigenvalue weighted by Crippen LogP contribution is -1.88. The molecular weight excluding hydrogens is 268 g/mol. The largest absolute Gasteiger partial charge is 0.357 e. The highest BCUT2D eigenvalue weighted by Crippen LogP contribution is 2.15. The van der Waals surface area contributed by atoms with Gasteiger partial charge in [-0.2, -0.15) is 0 Å². The molecule has 3 nitrogen and oxygen atoms in total. The Labute approximate surface area is 102 Å². The van der Waals surface area contributed by atoms with Gasteiger partial charge in [-0.25, -0.2) is 0 Å². The zero-order chi connectivity index (χ0) is 11.2. The monoisotopic (exact) mass is 276 g/mol. The van der Waals surface area contributed by atoms with Crippen LogP contribution in [0.25, 0.3) is 0 Å². The first-order chi connectivity index (χ1) is 7.84. The van der Waals surface area contributed by atoms with Gasteiger partial charge in [0.1, 0.15) is 0 Å². The lowest BCUT2D eigenvalue weighted by molar-refractivity contribution is 0.344. The highest BCUT2D eigenvalue weighted by atomic mass is 79.9.